The minimum atomic E-state index is 0.608. The third-order valence-corrected chi connectivity index (χ3v) is 13.4. The van der Waals surface area contributed by atoms with Crippen LogP contribution in [0.25, 0.3) is 128 Å². The molecule has 2 heterocycles. The number of hydrogen-bond donors (Lipinski definition) is 0. The van der Waals surface area contributed by atoms with Gasteiger partial charge in [0, 0.05) is 33.2 Å². The molecule has 4 heteroatoms. The van der Waals surface area contributed by atoms with Crippen molar-refractivity contribution < 1.29 is 0 Å². The quantitative estimate of drug-likeness (QED) is 0.143. The average molecular weight is 879 g/mol. The highest BCUT2D eigenvalue weighted by atomic mass is 15.0. The molecule has 322 valence electrons. The van der Waals surface area contributed by atoms with Gasteiger partial charge in [-0.25, -0.2) is 15.0 Å². The van der Waals surface area contributed by atoms with Crippen LogP contribution >= 0.6 is 0 Å². The molecule has 4 nitrogen and oxygen atoms in total. The second kappa shape index (κ2) is 16.9. The molecule has 11 aromatic carbocycles. The molecule has 0 atom stereocenters. The van der Waals surface area contributed by atoms with E-state index in [4.69, 9.17) is 15.0 Å². The molecule has 0 radical (unpaired) electrons. The third-order valence-electron chi connectivity index (χ3n) is 13.4. The first-order valence-electron chi connectivity index (χ1n) is 23.4. The molecule has 0 aliphatic rings. The maximum atomic E-state index is 5.28. The van der Waals surface area contributed by atoms with Gasteiger partial charge in [-0.15, -0.1) is 0 Å². The molecule has 13 aromatic rings. The highest BCUT2D eigenvalue weighted by Crippen LogP contribution is 2.37. The van der Waals surface area contributed by atoms with E-state index >= 15 is 0 Å². The molecule has 2 aromatic heterocycles. The largest absolute Gasteiger partial charge is 0.309 e. The number of benzene rings is 11. The molecule has 0 unspecified atom stereocenters. The van der Waals surface area contributed by atoms with Crippen molar-refractivity contribution in [3.05, 3.63) is 255 Å². The van der Waals surface area contributed by atoms with Crippen molar-refractivity contribution in [2.45, 2.75) is 0 Å². The fourth-order valence-corrected chi connectivity index (χ4v) is 10.1. The van der Waals surface area contributed by atoms with Gasteiger partial charge in [0.15, 0.2) is 17.5 Å². The zero-order valence-electron chi connectivity index (χ0n) is 37.5. The van der Waals surface area contributed by atoms with Crippen LogP contribution < -0.4 is 0 Å². The summed E-state index contributed by atoms with van der Waals surface area (Å²) in [5.74, 6) is 1.83. The molecule has 0 fully saturated rings. The first-order valence-corrected chi connectivity index (χ1v) is 23.4. The Morgan fingerprint density at radius 1 is 0.232 bits per heavy atom. The van der Waals surface area contributed by atoms with Crippen molar-refractivity contribution in [1.82, 2.24) is 19.5 Å². The standard InChI is InChI=1S/C65H42N4/c1-2-15-43(16-3-1)47-18-10-19-48(39-47)44-33-35-46(36-34-44)63-66-64(68-65(67-63)53-24-12-22-51(41-53)56-29-14-30-57-55-26-5-4-17-45(55)37-38-58(56)57)52-23-11-20-49(40-52)50-21-13-25-54(42-50)69-61-31-8-6-27-59(61)60-28-7-9-32-62(60)69/h1-42H. The molecule has 0 saturated heterocycles. The predicted molar refractivity (Wildman–Crippen MR) is 287 cm³/mol. The molecule has 0 aliphatic carbocycles. The number of fused-ring (bicyclic) bond motifs is 6. The van der Waals surface area contributed by atoms with Crippen molar-refractivity contribution in [3.8, 4) is 84.4 Å². The van der Waals surface area contributed by atoms with Crippen LogP contribution in [0.15, 0.2) is 255 Å². The van der Waals surface area contributed by atoms with Gasteiger partial charge in [0.1, 0.15) is 0 Å². The van der Waals surface area contributed by atoms with Gasteiger partial charge in [-0.3, -0.25) is 0 Å². The van der Waals surface area contributed by atoms with Crippen LogP contribution in [0.2, 0.25) is 0 Å². The zero-order chi connectivity index (χ0) is 45.7. The lowest BCUT2D eigenvalue weighted by Crippen LogP contribution is -2.00. The van der Waals surface area contributed by atoms with Gasteiger partial charge in [0.2, 0.25) is 0 Å². The lowest BCUT2D eigenvalue weighted by atomic mass is 9.94. The van der Waals surface area contributed by atoms with Crippen LogP contribution in [0.4, 0.5) is 0 Å². The van der Waals surface area contributed by atoms with Crippen molar-refractivity contribution >= 4 is 43.4 Å². The molecule has 69 heavy (non-hydrogen) atoms. The van der Waals surface area contributed by atoms with Crippen LogP contribution in [0.3, 0.4) is 0 Å². The number of rotatable bonds is 8. The fraction of sp³-hybridized carbons (Fsp3) is 0. The van der Waals surface area contributed by atoms with Crippen LogP contribution in [0, 0.1) is 0 Å². The van der Waals surface area contributed by atoms with Gasteiger partial charge in [-0.1, -0.05) is 212 Å². The highest BCUT2D eigenvalue weighted by Gasteiger charge is 2.17. The van der Waals surface area contributed by atoms with E-state index in [9.17, 15) is 0 Å². The van der Waals surface area contributed by atoms with E-state index in [2.05, 4.69) is 259 Å². The van der Waals surface area contributed by atoms with Gasteiger partial charge in [-0.2, -0.15) is 0 Å². The molecule has 13 rings (SSSR count). The number of nitrogens with zero attached hydrogens (tertiary/aromatic N) is 4. The molecule has 0 aliphatic heterocycles. The van der Waals surface area contributed by atoms with Crippen LogP contribution in [-0.4, -0.2) is 19.5 Å². The highest BCUT2D eigenvalue weighted by molar-refractivity contribution is 6.12. The molecular weight excluding hydrogens is 837 g/mol. The van der Waals surface area contributed by atoms with E-state index in [0.717, 1.165) is 55.8 Å². The molecular formula is C65H42N4. The normalized spacial score (nSPS) is 11.5. The van der Waals surface area contributed by atoms with Crippen LogP contribution in [0.1, 0.15) is 0 Å². The Labute approximate surface area is 400 Å². The van der Waals surface area contributed by atoms with Gasteiger partial charge < -0.3 is 4.57 Å². The summed E-state index contributed by atoms with van der Waals surface area (Å²) in [6, 6.07) is 90.7. The second-order valence-corrected chi connectivity index (χ2v) is 17.6. The summed E-state index contributed by atoms with van der Waals surface area (Å²) in [5.41, 5.74) is 15.3. The zero-order valence-corrected chi connectivity index (χ0v) is 37.5. The van der Waals surface area contributed by atoms with Crippen molar-refractivity contribution in [2.24, 2.45) is 0 Å². The Hall–Kier alpha value is -9.25. The van der Waals surface area contributed by atoms with Crippen LogP contribution in [0.5, 0.6) is 0 Å². The van der Waals surface area contributed by atoms with E-state index in [1.54, 1.807) is 0 Å². The topological polar surface area (TPSA) is 43.6 Å². The minimum Gasteiger partial charge on any atom is -0.309 e. The summed E-state index contributed by atoms with van der Waals surface area (Å²) in [7, 11) is 0. The van der Waals surface area contributed by atoms with Crippen molar-refractivity contribution in [3.63, 3.8) is 0 Å². The maximum absolute atomic E-state index is 5.28. The molecule has 0 amide bonds. The first kappa shape index (κ1) is 40.1. The maximum Gasteiger partial charge on any atom is 0.164 e. The third kappa shape index (κ3) is 7.32. The Bertz CT molecular complexity index is 4020. The lowest BCUT2D eigenvalue weighted by Gasteiger charge is -2.13. The lowest BCUT2D eigenvalue weighted by molar-refractivity contribution is 1.07. The summed E-state index contributed by atoms with van der Waals surface area (Å²) in [6.45, 7) is 0. The molecule has 0 saturated carbocycles. The summed E-state index contributed by atoms with van der Waals surface area (Å²) < 4.78 is 2.36. The molecule has 0 spiro atoms. The summed E-state index contributed by atoms with van der Waals surface area (Å²) in [5, 5.41) is 7.40. The van der Waals surface area contributed by atoms with E-state index in [-0.39, 0.29) is 0 Å². The Morgan fingerprint density at radius 2 is 0.667 bits per heavy atom. The van der Waals surface area contributed by atoms with Gasteiger partial charge in [-0.05, 0) is 109 Å². The summed E-state index contributed by atoms with van der Waals surface area (Å²) in [6.07, 6.45) is 0. The van der Waals surface area contributed by atoms with Gasteiger partial charge in [0.25, 0.3) is 0 Å². The van der Waals surface area contributed by atoms with E-state index in [0.29, 0.717) is 17.5 Å². The Morgan fingerprint density at radius 3 is 1.35 bits per heavy atom. The minimum absolute atomic E-state index is 0.608. The van der Waals surface area contributed by atoms with Crippen LogP contribution in [-0.2, 0) is 0 Å². The first-order chi connectivity index (χ1) is 34.2. The Kier molecular flexibility index (Phi) is 9.80. The SMILES string of the molecule is c1ccc(-c2cccc(-c3ccc(-c4nc(-c5cccc(-c6cccc(-n7c8ccccc8c8ccccc87)c6)c5)nc(-c5cccc(-c6cccc7c6ccc6ccccc67)c5)n4)cc3)c2)cc1. The molecule has 0 bridgehead atoms. The van der Waals surface area contributed by atoms with Crippen molar-refractivity contribution in [1.29, 1.82) is 0 Å². The van der Waals surface area contributed by atoms with Crippen molar-refractivity contribution in [2.75, 3.05) is 0 Å². The number of aromatic nitrogens is 4. The van der Waals surface area contributed by atoms with E-state index in [1.807, 2.05) is 0 Å². The summed E-state index contributed by atoms with van der Waals surface area (Å²) >= 11 is 0. The average Bonchev–Trinajstić information content (AvgIpc) is 3.77. The smallest absolute Gasteiger partial charge is 0.164 e. The van der Waals surface area contributed by atoms with E-state index in [1.165, 1.54) is 54.5 Å². The predicted octanol–water partition coefficient (Wildman–Crippen LogP) is 16.9. The number of hydrogen-bond acceptors (Lipinski definition) is 3. The Balaban J connectivity index is 0.918. The molecule has 0 N–H and O–H groups in total. The fourth-order valence-electron chi connectivity index (χ4n) is 10.1. The number of para-hydroxylation sites is 2. The summed E-state index contributed by atoms with van der Waals surface area (Å²) in [4.78, 5) is 15.8. The van der Waals surface area contributed by atoms with E-state index < -0.39 is 0 Å². The monoisotopic (exact) mass is 878 g/mol. The second-order valence-electron chi connectivity index (χ2n) is 17.6. The van der Waals surface area contributed by atoms with Gasteiger partial charge in [0.05, 0.1) is 11.0 Å². The van der Waals surface area contributed by atoms with Gasteiger partial charge >= 0.3 is 0 Å².